The quantitative estimate of drug-likeness (QED) is 0.424. The summed E-state index contributed by atoms with van der Waals surface area (Å²) in [6.07, 6.45) is 1.45. The lowest BCUT2D eigenvalue weighted by Gasteiger charge is -2.18. The second-order valence-corrected chi connectivity index (χ2v) is 7.29. The maximum absolute atomic E-state index is 12.7. The smallest absolute Gasteiger partial charge is 0.266 e. The lowest BCUT2D eigenvalue weighted by molar-refractivity contribution is -0.112. The van der Waals surface area contributed by atoms with Crippen LogP contribution in [0.2, 0.25) is 0 Å². The zero-order valence-electron chi connectivity index (χ0n) is 18.3. The molecule has 0 aromatic heterocycles. The number of carbonyl (C=O) groups is 2. The predicted octanol–water partition coefficient (Wildman–Crippen LogP) is 4.26. The van der Waals surface area contributed by atoms with Crippen molar-refractivity contribution in [3.05, 3.63) is 83.4 Å². The van der Waals surface area contributed by atoms with Crippen LogP contribution in [0.4, 0.5) is 11.4 Å². The molecule has 1 aliphatic heterocycles. The molecule has 3 aromatic rings. The summed E-state index contributed by atoms with van der Waals surface area (Å²) in [5.41, 5.74) is 1.98. The number of anilines is 2. The first kappa shape index (κ1) is 22.4. The lowest BCUT2D eigenvalue weighted by atomic mass is 10.1. The fraction of sp³-hybridized carbons (Fsp3) is 0.115. The van der Waals surface area contributed by atoms with E-state index in [4.69, 9.17) is 14.2 Å². The van der Waals surface area contributed by atoms with Gasteiger partial charge in [-0.3, -0.25) is 9.59 Å². The van der Waals surface area contributed by atoms with Crippen LogP contribution in [0.5, 0.6) is 17.2 Å². The first-order valence-electron chi connectivity index (χ1n) is 10.4. The molecule has 0 saturated carbocycles. The standard InChI is InChI=1S/C26H21N3O5/c1-32-22-8-5-18(6-9-22)25(30)28-20-4-2-3-17(14-20)13-19(16-27)26(31)29-21-7-10-23-24(15-21)34-12-11-33-23/h2-10,13-15H,11-12H2,1H3,(H,28,30)(H,29,31)/b19-13+. The van der Waals surface area contributed by atoms with E-state index < -0.39 is 5.91 Å². The molecule has 2 N–H and O–H groups in total. The third-order valence-electron chi connectivity index (χ3n) is 4.97. The molecule has 0 spiro atoms. The predicted molar refractivity (Wildman–Crippen MR) is 127 cm³/mol. The van der Waals surface area contributed by atoms with Crippen LogP contribution in [0.1, 0.15) is 15.9 Å². The minimum atomic E-state index is -0.563. The van der Waals surface area contributed by atoms with E-state index in [1.807, 2.05) is 6.07 Å². The van der Waals surface area contributed by atoms with Crippen molar-refractivity contribution in [2.24, 2.45) is 0 Å². The maximum Gasteiger partial charge on any atom is 0.266 e. The summed E-state index contributed by atoms with van der Waals surface area (Å²) in [6.45, 7) is 0.902. The van der Waals surface area contributed by atoms with Crippen LogP contribution in [0.15, 0.2) is 72.3 Å². The van der Waals surface area contributed by atoms with Crippen LogP contribution in [-0.4, -0.2) is 32.1 Å². The Morgan fingerprint density at radius 3 is 2.41 bits per heavy atom. The Hall–Kier alpha value is -4.77. The lowest BCUT2D eigenvalue weighted by Crippen LogP contribution is -2.17. The Kier molecular flexibility index (Phi) is 6.75. The van der Waals surface area contributed by atoms with Crippen molar-refractivity contribution in [3.63, 3.8) is 0 Å². The molecule has 0 bridgehead atoms. The molecule has 0 fully saturated rings. The zero-order valence-corrected chi connectivity index (χ0v) is 18.3. The van der Waals surface area contributed by atoms with Gasteiger partial charge in [-0.1, -0.05) is 12.1 Å². The number of nitrogens with zero attached hydrogens (tertiary/aromatic N) is 1. The fourth-order valence-corrected chi connectivity index (χ4v) is 3.29. The molecule has 0 aliphatic carbocycles. The third-order valence-corrected chi connectivity index (χ3v) is 4.97. The SMILES string of the molecule is COc1ccc(C(=O)Nc2cccc(/C=C(\C#N)C(=O)Nc3ccc4c(c3)OCCO4)c2)cc1. The van der Waals surface area contributed by atoms with Gasteiger partial charge in [-0.2, -0.15) is 5.26 Å². The topological polar surface area (TPSA) is 110 Å². The minimum absolute atomic E-state index is 0.0893. The largest absolute Gasteiger partial charge is 0.497 e. The third kappa shape index (κ3) is 5.34. The van der Waals surface area contributed by atoms with Gasteiger partial charge >= 0.3 is 0 Å². The Morgan fingerprint density at radius 2 is 1.68 bits per heavy atom. The normalized spacial score (nSPS) is 12.3. The number of amides is 2. The number of carbonyl (C=O) groups excluding carboxylic acids is 2. The molecule has 1 aliphatic rings. The summed E-state index contributed by atoms with van der Waals surface area (Å²) in [7, 11) is 1.56. The van der Waals surface area contributed by atoms with E-state index in [1.165, 1.54) is 6.08 Å². The molecule has 170 valence electrons. The average molecular weight is 455 g/mol. The first-order chi connectivity index (χ1) is 16.6. The van der Waals surface area contributed by atoms with E-state index >= 15 is 0 Å². The molecule has 34 heavy (non-hydrogen) atoms. The molecular formula is C26H21N3O5. The fourth-order valence-electron chi connectivity index (χ4n) is 3.29. The molecule has 0 unspecified atom stereocenters. The van der Waals surface area contributed by atoms with Crippen molar-refractivity contribution < 1.29 is 23.8 Å². The van der Waals surface area contributed by atoms with Gasteiger partial charge in [0.1, 0.15) is 30.6 Å². The molecule has 2 amide bonds. The number of hydrogen-bond donors (Lipinski definition) is 2. The van der Waals surface area contributed by atoms with Crippen molar-refractivity contribution in [1.82, 2.24) is 0 Å². The average Bonchev–Trinajstić information content (AvgIpc) is 2.87. The van der Waals surface area contributed by atoms with Gasteiger partial charge in [0, 0.05) is 23.0 Å². The molecule has 0 radical (unpaired) electrons. The highest BCUT2D eigenvalue weighted by molar-refractivity contribution is 6.10. The molecule has 3 aromatic carbocycles. The summed E-state index contributed by atoms with van der Waals surface area (Å²) in [5.74, 6) is 0.940. The van der Waals surface area contributed by atoms with Crippen molar-refractivity contribution in [3.8, 4) is 23.3 Å². The number of hydrogen-bond acceptors (Lipinski definition) is 6. The van der Waals surface area contributed by atoms with Gasteiger partial charge < -0.3 is 24.8 Å². The highest BCUT2D eigenvalue weighted by Crippen LogP contribution is 2.32. The van der Waals surface area contributed by atoms with Crippen LogP contribution in [0.3, 0.4) is 0 Å². The second-order valence-electron chi connectivity index (χ2n) is 7.29. The van der Waals surface area contributed by atoms with E-state index in [9.17, 15) is 14.9 Å². The zero-order chi connectivity index (χ0) is 23.9. The van der Waals surface area contributed by atoms with Gasteiger partial charge in [0.15, 0.2) is 11.5 Å². The van der Waals surface area contributed by atoms with E-state index in [1.54, 1.807) is 73.8 Å². The van der Waals surface area contributed by atoms with Crippen LogP contribution in [-0.2, 0) is 4.79 Å². The minimum Gasteiger partial charge on any atom is -0.497 e. The van der Waals surface area contributed by atoms with Crippen molar-refractivity contribution >= 4 is 29.3 Å². The number of fused-ring (bicyclic) bond motifs is 1. The van der Waals surface area contributed by atoms with Crippen LogP contribution < -0.4 is 24.8 Å². The molecule has 0 saturated heterocycles. The van der Waals surface area contributed by atoms with Gasteiger partial charge in [0.25, 0.3) is 11.8 Å². The molecular weight excluding hydrogens is 434 g/mol. The highest BCUT2D eigenvalue weighted by Gasteiger charge is 2.15. The summed E-state index contributed by atoms with van der Waals surface area (Å²) in [5, 5.41) is 15.0. The summed E-state index contributed by atoms with van der Waals surface area (Å²) < 4.78 is 16.1. The second kappa shape index (κ2) is 10.2. The molecule has 8 nitrogen and oxygen atoms in total. The Labute approximate surface area is 196 Å². The van der Waals surface area contributed by atoms with Gasteiger partial charge in [0.2, 0.25) is 0 Å². The van der Waals surface area contributed by atoms with E-state index in [0.717, 1.165) is 0 Å². The number of benzene rings is 3. The summed E-state index contributed by atoms with van der Waals surface area (Å²) >= 11 is 0. The van der Waals surface area contributed by atoms with E-state index in [0.29, 0.717) is 53.0 Å². The van der Waals surface area contributed by atoms with Crippen molar-refractivity contribution in [2.75, 3.05) is 31.0 Å². The Balaban J connectivity index is 1.46. The molecule has 1 heterocycles. The highest BCUT2D eigenvalue weighted by atomic mass is 16.6. The number of ether oxygens (including phenoxy) is 3. The Morgan fingerprint density at radius 1 is 0.941 bits per heavy atom. The molecule has 0 atom stereocenters. The molecule has 8 heteroatoms. The van der Waals surface area contributed by atoms with Crippen LogP contribution >= 0.6 is 0 Å². The number of methoxy groups -OCH3 is 1. The monoisotopic (exact) mass is 455 g/mol. The van der Waals surface area contributed by atoms with Crippen LogP contribution in [0.25, 0.3) is 6.08 Å². The van der Waals surface area contributed by atoms with E-state index in [2.05, 4.69) is 10.6 Å². The number of nitriles is 1. The first-order valence-corrected chi connectivity index (χ1v) is 10.4. The number of nitrogens with one attached hydrogen (secondary N) is 2. The Bertz CT molecular complexity index is 1290. The van der Waals surface area contributed by atoms with Gasteiger partial charge in [-0.05, 0) is 60.2 Å². The van der Waals surface area contributed by atoms with Crippen LogP contribution in [0, 0.1) is 11.3 Å². The summed E-state index contributed by atoms with van der Waals surface area (Å²) in [4.78, 5) is 25.2. The van der Waals surface area contributed by atoms with Gasteiger partial charge in [-0.25, -0.2) is 0 Å². The maximum atomic E-state index is 12.7. The van der Waals surface area contributed by atoms with E-state index in [-0.39, 0.29) is 11.5 Å². The van der Waals surface area contributed by atoms with Crippen molar-refractivity contribution in [1.29, 1.82) is 5.26 Å². The van der Waals surface area contributed by atoms with Gasteiger partial charge in [-0.15, -0.1) is 0 Å². The molecule has 4 rings (SSSR count). The summed E-state index contributed by atoms with van der Waals surface area (Å²) in [6, 6.07) is 20.5. The van der Waals surface area contributed by atoms with Crippen molar-refractivity contribution in [2.45, 2.75) is 0 Å². The number of rotatable bonds is 6. The van der Waals surface area contributed by atoms with Gasteiger partial charge in [0.05, 0.1) is 7.11 Å².